The first-order chi connectivity index (χ1) is 7.69. The van der Waals surface area contributed by atoms with Gasteiger partial charge in [0.2, 0.25) is 0 Å². The maximum absolute atomic E-state index is 11.2. The average Bonchev–Trinajstić information content (AvgIpc) is 2.29. The second-order valence-corrected chi connectivity index (χ2v) is 3.82. The number of aromatic nitrogens is 1. The highest BCUT2D eigenvalue weighted by molar-refractivity contribution is 5.98. The summed E-state index contributed by atoms with van der Waals surface area (Å²) in [6, 6.07) is 2.17. The predicted octanol–water partition coefficient (Wildman–Crippen LogP) is 2.17. The molecule has 0 aliphatic heterocycles. The van der Waals surface area contributed by atoms with Crippen LogP contribution in [0.4, 0.5) is 5.69 Å². The third kappa shape index (κ3) is 3.22. The molecule has 0 bridgehead atoms. The van der Waals surface area contributed by atoms with Crippen molar-refractivity contribution in [3.05, 3.63) is 24.0 Å². The van der Waals surface area contributed by atoms with E-state index in [0.29, 0.717) is 11.6 Å². The second-order valence-electron chi connectivity index (χ2n) is 3.82. The van der Waals surface area contributed by atoms with Crippen LogP contribution in [0, 0.1) is 0 Å². The van der Waals surface area contributed by atoms with Gasteiger partial charge in [-0.15, -0.1) is 0 Å². The number of carbonyl (C=O) groups is 1. The summed E-state index contributed by atoms with van der Waals surface area (Å²) in [5.41, 5.74) is 6.52. The summed E-state index contributed by atoms with van der Waals surface area (Å²) in [4.78, 5) is 15.1. The van der Waals surface area contributed by atoms with E-state index in [0.717, 1.165) is 24.9 Å². The van der Waals surface area contributed by atoms with E-state index in [9.17, 15) is 4.79 Å². The fraction of sp³-hybridized carbons (Fsp3) is 0.500. The Hall–Kier alpha value is -1.58. The van der Waals surface area contributed by atoms with E-state index in [1.165, 1.54) is 6.20 Å². The van der Waals surface area contributed by atoms with Gasteiger partial charge in [-0.1, -0.05) is 20.3 Å². The van der Waals surface area contributed by atoms with Gasteiger partial charge in [0.25, 0.3) is 5.91 Å². The number of nitrogens with two attached hydrogens (primary N) is 1. The summed E-state index contributed by atoms with van der Waals surface area (Å²) in [5.74, 6) is -0.443. The number of hydrogen-bond acceptors (Lipinski definition) is 3. The van der Waals surface area contributed by atoms with Gasteiger partial charge < -0.3 is 11.1 Å². The monoisotopic (exact) mass is 221 g/mol. The first kappa shape index (κ1) is 12.5. The lowest BCUT2D eigenvalue weighted by molar-refractivity contribution is 0.100. The highest BCUT2D eigenvalue weighted by Gasteiger charge is 2.11. The Morgan fingerprint density at radius 1 is 1.56 bits per heavy atom. The Bertz CT molecular complexity index is 352. The maximum atomic E-state index is 11.2. The van der Waals surface area contributed by atoms with Crippen molar-refractivity contribution in [2.45, 2.75) is 39.2 Å². The second kappa shape index (κ2) is 6.10. The minimum Gasteiger partial charge on any atom is -0.382 e. The molecule has 1 heterocycles. The molecular weight excluding hydrogens is 202 g/mol. The molecule has 1 atom stereocenters. The molecule has 4 heteroatoms. The Kier molecular flexibility index (Phi) is 4.76. The molecule has 0 aliphatic carbocycles. The van der Waals surface area contributed by atoms with Gasteiger partial charge in [0, 0.05) is 18.4 Å². The lowest BCUT2D eigenvalue weighted by Crippen LogP contribution is -2.21. The van der Waals surface area contributed by atoms with Crippen molar-refractivity contribution in [2.75, 3.05) is 5.32 Å². The summed E-state index contributed by atoms with van der Waals surface area (Å²) in [6.45, 7) is 4.27. The molecule has 0 fully saturated rings. The van der Waals surface area contributed by atoms with Crippen molar-refractivity contribution < 1.29 is 4.79 Å². The fourth-order valence-electron chi connectivity index (χ4n) is 1.66. The Labute approximate surface area is 96.3 Å². The smallest absolute Gasteiger partial charge is 0.252 e. The first-order valence-corrected chi connectivity index (χ1v) is 5.69. The van der Waals surface area contributed by atoms with Crippen molar-refractivity contribution in [3.8, 4) is 0 Å². The molecule has 0 saturated carbocycles. The summed E-state index contributed by atoms with van der Waals surface area (Å²) in [6.07, 6.45) is 6.38. The van der Waals surface area contributed by atoms with Crippen molar-refractivity contribution in [1.82, 2.24) is 4.98 Å². The summed E-state index contributed by atoms with van der Waals surface area (Å²) in [5, 5.41) is 3.34. The van der Waals surface area contributed by atoms with Crippen molar-refractivity contribution in [3.63, 3.8) is 0 Å². The molecule has 0 spiro atoms. The minimum atomic E-state index is -0.443. The number of anilines is 1. The Morgan fingerprint density at radius 3 is 2.88 bits per heavy atom. The van der Waals surface area contributed by atoms with Crippen LogP contribution in [-0.2, 0) is 0 Å². The van der Waals surface area contributed by atoms with E-state index in [-0.39, 0.29) is 0 Å². The fourth-order valence-corrected chi connectivity index (χ4v) is 1.66. The van der Waals surface area contributed by atoms with Gasteiger partial charge in [0.05, 0.1) is 11.3 Å². The SMILES string of the molecule is CCCC(CC)Nc1ccncc1C(N)=O. The molecule has 1 aromatic rings. The lowest BCUT2D eigenvalue weighted by atomic mass is 10.1. The standard InChI is InChI=1S/C12H19N3O/c1-3-5-9(4-2)15-11-6-7-14-8-10(11)12(13)16/h6-9H,3-5H2,1-2H3,(H2,13,16)(H,14,15). The predicted molar refractivity (Wildman–Crippen MR) is 65.4 cm³/mol. The molecule has 0 radical (unpaired) electrons. The molecule has 1 rings (SSSR count). The van der Waals surface area contributed by atoms with Crippen molar-refractivity contribution in [1.29, 1.82) is 0 Å². The zero-order valence-corrected chi connectivity index (χ0v) is 9.86. The molecule has 0 saturated heterocycles. The average molecular weight is 221 g/mol. The lowest BCUT2D eigenvalue weighted by Gasteiger charge is -2.18. The van der Waals surface area contributed by atoms with Gasteiger partial charge in [-0.2, -0.15) is 0 Å². The van der Waals surface area contributed by atoms with Crippen LogP contribution >= 0.6 is 0 Å². The van der Waals surface area contributed by atoms with E-state index < -0.39 is 5.91 Å². The molecule has 1 amide bonds. The van der Waals surface area contributed by atoms with Gasteiger partial charge >= 0.3 is 0 Å². The van der Waals surface area contributed by atoms with Gasteiger partial charge in [-0.3, -0.25) is 9.78 Å². The van der Waals surface area contributed by atoms with Gasteiger partial charge in [0.15, 0.2) is 0 Å². The number of nitrogens with zero attached hydrogens (tertiary/aromatic N) is 1. The van der Waals surface area contributed by atoms with E-state index >= 15 is 0 Å². The van der Waals surface area contributed by atoms with E-state index in [2.05, 4.69) is 24.1 Å². The molecule has 16 heavy (non-hydrogen) atoms. The number of rotatable bonds is 6. The minimum absolute atomic E-state index is 0.380. The molecule has 4 nitrogen and oxygen atoms in total. The van der Waals surface area contributed by atoms with Crippen LogP contribution in [0.3, 0.4) is 0 Å². The van der Waals surface area contributed by atoms with Crippen LogP contribution in [0.5, 0.6) is 0 Å². The Balaban J connectivity index is 2.82. The van der Waals surface area contributed by atoms with Gasteiger partial charge in [0.1, 0.15) is 0 Å². The normalized spacial score (nSPS) is 12.1. The van der Waals surface area contributed by atoms with Gasteiger partial charge in [-0.05, 0) is 18.9 Å². The highest BCUT2D eigenvalue weighted by Crippen LogP contribution is 2.16. The first-order valence-electron chi connectivity index (χ1n) is 5.69. The molecule has 1 unspecified atom stereocenters. The van der Waals surface area contributed by atoms with Crippen LogP contribution in [0.25, 0.3) is 0 Å². The summed E-state index contributed by atoms with van der Waals surface area (Å²) < 4.78 is 0. The topological polar surface area (TPSA) is 68.0 Å². The van der Waals surface area contributed by atoms with E-state index in [4.69, 9.17) is 5.73 Å². The Morgan fingerprint density at radius 2 is 2.31 bits per heavy atom. The number of nitrogens with one attached hydrogen (secondary N) is 1. The summed E-state index contributed by atoms with van der Waals surface area (Å²) in [7, 11) is 0. The van der Waals surface area contributed by atoms with Crippen LogP contribution in [0.1, 0.15) is 43.5 Å². The molecule has 0 aliphatic rings. The number of amides is 1. The zero-order valence-electron chi connectivity index (χ0n) is 9.86. The van der Waals surface area contributed by atoms with Crippen LogP contribution in [0.2, 0.25) is 0 Å². The van der Waals surface area contributed by atoms with Crippen molar-refractivity contribution >= 4 is 11.6 Å². The number of carbonyl (C=O) groups excluding carboxylic acids is 1. The quantitative estimate of drug-likeness (QED) is 0.773. The number of primary amides is 1. The largest absolute Gasteiger partial charge is 0.382 e. The number of hydrogen-bond donors (Lipinski definition) is 2. The zero-order chi connectivity index (χ0) is 12.0. The van der Waals surface area contributed by atoms with Crippen molar-refractivity contribution in [2.24, 2.45) is 5.73 Å². The van der Waals surface area contributed by atoms with Crippen LogP contribution in [0.15, 0.2) is 18.5 Å². The third-order valence-corrected chi connectivity index (χ3v) is 2.58. The van der Waals surface area contributed by atoms with E-state index in [1.54, 1.807) is 12.3 Å². The highest BCUT2D eigenvalue weighted by atomic mass is 16.1. The molecule has 3 N–H and O–H groups in total. The molecular formula is C12H19N3O. The van der Waals surface area contributed by atoms with E-state index in [1.807, 2.05) is 0 Å². The van der Waals surface area contributed by atoms with Gasteiger partial charge in [-0.25, -0.2) is 0 Å². The van der Waals surface area contributed by atoms with Crippen LogP contribution in [-0.4, -0.2) is 16.9 Å². The van der Waals surface area contributed by atoms with Crippen LogP contribution < -0.4 is 11.1 Å². The number of pyridine rings is 1. The third-order valence-electron chi connectivity index (χ3n) is 2.58. The maximum Gasteiger partial charge on any atom is 0.252 e. The molecule has 0 aromatic carbocycles. The molecule has 1 aromatic heterocycles. The molecule has 88 valence electrons. The summed E-state index contributed by atoms with van der Waals surface area (Å²) >= 11 is 0.